The van der Waals surface area contributed by atoms with Crippen LogP contribution in [0, 0.1) is 5.82 Å². The lowest BCUT2D eigenvalue weighted by Crippen LogP contribution is -2.47. The van der Waals surface area contributed by atoms with Gasteiger partial charge < -0.3 is 21.5 Å². The summed E-state index contributed by atoms with van der Waals surface area (Å²) in [5, 5.41) is 11.7. The fourth-order valence-corrected chi connectivity index (χ4v) is 3.37. The molecule has 1 fully saturated rings. The number of amides is 1. The van der Waals surface area contributed by atoms with Gasteiger partial charge in [0.1, 0.15) is 17.4 Å². The molecule has 0 spiro atoms. The first-order valence-electron chi connectivity index (χ1n) is 9.44. The predicted molar refractivity (Wildman–Crippen MR) is 114 cm³/mol. The largest absolute Gasteiger partial charge is 0.496 e. The molecule has 0 atom stereocenters. The van der Waals surface area contributed by atoms with E-state index in [1.807, 2.05) is 0 Å². The number of nitrogens with two attached hydrogens (primary N) is 2. The van der Waals surface area contributed by atoms with Crippen LogP contribution in [-0.4, -0.2) is 28.8 Å². The Morgan fingerprint density at radius 3 is 2.60 bits per heavy atom. The van der Waals surface area contributed by atoms with Crippen LogP contribution in [0.1, 0.15) is 29.6 Å². The van der Waals surface area contributed by atoms with Gasteiger partial charge in [0.2, 0.25) is 5.91 Å². The van der Waals surface area contributed by atoms with Crippen molar-refractivity contribution < 1.29 is 13.9 Å². The summed E-state index contributed by atoms with van der Waals surface area (Å²) < 4.78 is 19.7. The van der Waals surface area contributed by atoms with Gasteiger partial charge in [-0.05, 0) is 67.9 Å². The van der Waals surface area contributed by atoms with E-state index in [9.17, 15) is 9.18 Å². The number of hydrogen-bond donors (Lipinski definition) is 3. The van der Waals surface area contributed by atoms with E-state index in [4.69, 9.17) is 16.2 Å². The number of aromatic nitrogens is 2. The summed E-state index contributed by atoms with van der Waals surface area (Å²) in [7, 11) is 1.58. The van der Waals surface area contributed by atoms with Crippen LogP contribution in [0.5, 0.6) is 0 Å². The SMILES string of the molecule is C=C(/C(=C\C=C/N)OC)C1(Nc2ccc(-c3cc(C(N)=O)ccc3F)nn2)CCC1. The van der Waals surface area contributed by atoms with Crippen molar-refractivity contribution in [1.82, 2.24) is 10.2 Å². The van der Waals surface area contributed by atoms with Crippen LogP contribution in [0.25, 0.3) is 11.3 Å². The fourth-order valence-electron chi connectivity index (χ4n) is 3.37. The van der Waals surface area contributed by atoms with Crippen LogP contribution in [0.2, 0.25) is 0 Å². The summed E-state index contributed by atoms with van der Waals surface area (Å²) >= 11 is 0. The minimum Gasteiger partial charge on any atom is -0.496 e. The Kier molecular flexibility index (Phi) is 6.15. The number of primary amides is 1. The maximum atomic E-state index is 14.2. The van der Waals surface area contributed by atoms with Gasteiger partial charge in [-0.3, -0.25) is 4.79 Å². The third-order valence-corrected chi connectivity index (χ3v) is 5.22. The van der Waals surface area contributed by atoms with E-state index in [0.717, 1.165) is 24.8 Å². The first kappa shape index (κ1) is 21.0. The number of halogens is 1. The lowest BCUT2D eigenvalue weighted by atomic mass is 9.71. The molecule has 1 saturated carbocycles. The maximum absolute atomic E-state index is 14.2. The van der Waals surface area contributed by atoms with Crippen molar-refractivity contribution in [2.45, 2.75) is 24.8 Å². The van der Waals surface area contributed by atoms with E-state index in [1.54, 1.807) is 31.4 Å². The van der Waals surface area contributed by atoms with E-state index in [0.29, 0.717) is 17.3 Å². The Bertz CT molecular complexity index is 1010. The Balaban J connectivity index is 1.84. The van der Waals surface area contributed by atoms with Crippen molar-refractivity contribution in [3.05, 3.63) is 78.0 Å². The molecule has 0 radical (unpaired) electrons. The van der Waals surface area contributed by atoms with Gasteiger partial charge in [-0.15, -0.1) is 10.2 Å². The molecule has 0 unspecified atom stereocenters. The average Bonchev–Trinajstić information content (AvgIpc) is 2.72. The number of carbonyl (C=O) groups excluding carboxylic acids is 1. The minimum absolute atomic E-state index is 0.159. The van der Waals surface area contributed by atoms with Crippen molar-refractivity contribution in [2.75, 3.05) is 12.4 Å². The number of nitrogens with zero attached hydrogens (tertiary/aromatic N) is 2. The van der Waals surface area contributed by atoms with Crippen LogP contribution in [0.4, 0.5) is 10.2 Å². The van der Waals surface area contributed by atoms with E-state index < -0.39 is 17.3 Å². The molecule has 0 bridgehead atoms. The van der Waals surface area contributed by atoms with Gasteiger partial charge in [0.25, 0.3) is 0 Å². The summed E-state index contributed by atoms with van der Waals surface area (Å²) in [6.07, 6.45) is 7.61. The summed E-state index contributed by atoms with van der Waals surface area (Å²) in [4.78, 5) is 11.4. The maximum Gasteiger partial charge on any atom is 0.248 e. The zero-order valence-corrected chi connectivity index (χ0v) is 16.7. The van der Waals surface area contributed by atoms with Crippen molar-refractivity contribution in [2.24, 2.45) is 11.5 Å². The predicted octanol–water partition coefficient (Wildman–Crippen LogP) is 3.28. The van der Waals surface area contributed by atoms with Gasteiger partial charge in [-0.1, -0.05) is 6.58 Å². The van der Waals surface area contributed by atoms with E-state index in [1.165, 1.54) is 24.4 Å². The lowest BCUT2D eigenvalue weighted by molar-refractivity contribution is 0.100. The standard InChI is InChI=1S/C22H24FN5O2/c1-14(19(30-2)5-3-12-24)22(10-4-11-22)26-20-9-8-18(27-28-20)16-13-15(21(25)29)6-7-17(16)23/h3,5-9,12-13H,1,4,10-11,24H2,2H3,(H2,25,29)(H,26,28)/b12-3-,19-5+. The molecule has 1 aromatic heterocycles. The highest BCUT2D eigenvalue weighted by molar-refractivity contribution is 5.94. The monoisotopic (exact) mass is 409 g/mol. The molecular weight excluding hydrogens is 385 g/mol. The quantitative estimate of drug-likeness (QED) is 0.455. The average molecular weight is 409 g/mol. The molecule has 1 heterocycles. The Labute approximate surface area is 174 Å². The molecule has 7 nitrogen and oxygen atoms in total. The molecule has 0 aliphatic heterocycles. The first-order valence-corrected chi connectivity index (χ1v) is 9.44. The van der Waals surface area contributed by atoms with Crippen LogP contribution in [-0.2, 0) is 4.74 Å². The second-order valence-electron chi connectivity index (χ2n) is 7.02. The second kappa shape index (κ2) is 8.77. The number of methoxy groups -OCH3 is 1. The van der Waals surface area contributed by atoms with Crippen LogP contribution >= 0.6 is 0 Å². The van der Waals surface area contributed by atoms with Gasteiger partial charge in [0, 0.05) is 16.7 Å². The molecule has 0 saturated heterocycles. The molecule has 30 heavy (non-hydrogen) atoms. The summed E-state index contributed by atoms with van der Waals surface area (Å²) in [5.74, 6) is -0.00389. The van der Waals surface area contributed by atoms with Gasteiger partial charge in [-0.25, -0.2) is 4.39 Å². The van der Waals surface area contributed by atoms with Crippen molar-refractivity contribution in [1.29, 1.82) is 0 Å². The molecule has 1 aliphatic carbocycles. The summed E-state index contributed by atoms with van der Waals surface area (Å²) in [6.45, 7) is 4.20. The van der Waals surface area contributed by atoms with Crippen LogP contribution in [0.3, 0.4) is 0 Å². The van der Waals surface area contributed by atoms with Crippen molar-refractivity contribution in [3.8, 4) is 11.3 Å². The first-order chi connectivity index (χ1) is 14.4. The zero-order chi connectivity index (χ0) is 21.7. The molecule has 1 aliphatic rings. The van der Waals surface area contributed by atoms with Crippen LogP contribution < -0.4 is 16.8 Å². The summed E-state index contributed by atoms with van der Waals surface area (Å²) in [6, 6.07) is 7.23. The van der Waals surface area contributed by atoms with Crippen molar-refractivity contribution >= 4 is 11.7 Å². The smallest absolute Gasteiger partial charge is 0.248 e. The third kappa shape index (κ3) is 4.17. The number of allylic oxidation sites excluding steroid dienone is 2. The third-order valence-electron chi connectivity index (χ3n) is 5.22. The van der Waals surface area contributed by atoms with Gasteiger partial charge in [0.15, 0.2) is 0 Å². The van der Waals surface area contributed by atoms with Crippen LogP contribution in [0.15, 0.2) is 66.6 Å². The number of hydrogen-bond acceptors (Lipinski definition) is 6. The number of rotatable bonds is 8. The minimum atomic E-state index is -0.639. The highest BCUT2D eigenvalue weighted by Crippen LogP contribution is 2.43. The molecule has 8 heteroatoms. The van der Waals surface area contributed by atoms with Gasteiger partial charge in [-0.2, -0.15) is 0 Å². The number of anilines is 1. The molecule has 1 amide bonds. The van der Waals surface area contributed by atoms with Gasteiger partial charge in [0.05, 0.1) is 18.3 Å². The molecule has 1 aromatic carbocycles. The Hall–Kier alpha value is -3.68. The second-order valence-corrected chi connectivity index (χ2v) is 7.02. The highest BCUT2D eigenvalue weighted by atomic mass is 19.1. The Morgan fingerprint density at radius 1 is 1.30 bits per heavy atom. The number of benzene rings is 1. The number of nitrogens with one attached hydrogen (secondary N) is 1. The topological polar surface area (TPSA) is 116 Å². The van der Waals surface area contributed by atoms with Gasteiger partial charge >= 0.3 is 0 Å². The molecule has 5 N–H and O–H groups in total. The molecular formula is C22H24FN5O2. The highest BCUT2D eigenvalue weighted by Gasteiger charge is 2.41. The number of carbonyl (C=O) groups is 1. The van der Waals surface area contributed by atoms with E-state index >= 15 is 0 Å². The number of ether oxygens (including phenoxy) is 1. The molecule has 3 rings (SSSR count). The van der Waals surface area contributed by atoms with Crippen molar-refractivity contribution in [3.63, 3.8) is 0 Å². The fraction of sp³-hybridized carbons (Fsp3) is 0.227. The normalized spacial score (nSPS) is 15.5. The Morgan fingerprint density at radius 2 is 2.07 bits per heavy atom. The summed E-state index contributed by atoms with van der Waals surface area (Å²) in [5.41, 5.74) is 11.7. The molecule has 156 valence electrons. The lowest BCUT2D eigenvalue weighted by Gasteiger charge is -2.44. The van der Waals surface area contributed by atoms with E-state index in [-0.39, 0.29) is 11.1 Å². The zero-order valence-electron chi connectivity index (χ0n) is 16.7. The molecule has 2 aromatic rings. The van der Waals surface area contributed by atoms with E-state index in [2.05, 4.69) is 22.1 Å².